The molecule has 1 spiro atoms. The molecule has 3 rings (SSSR count). The Morgan fingerprint density at radius 1 is 1.29 bits per heavy atom. The molecule has 1 aromatic carbocycles. The highest BCUT2D eigenvalue weighted by Gasteiger charge is 2.46. The van der Waals surface area contributed by atoms with Crippen LogP contribution >= 0.6 is 12.4 Å². The van der Waals surface area contributed by atoms with E-state index in [1.165, 1.54) is 18.2 Å². The molecule has 0 aliphatic carbocycles. The van der Waals surface area contributed by atoms with Gasteiger partial charge in [0.15, 0.2) is 0 Å². The number of hydrogen-bond donors (Lipinski definition) is 2. The van der Waals surface area contributed by atoms with E-state index in [1.54, 1.807) is 12.2 Å². The summed E-state index contributed by atoms with van der Waals surface area (Å²) in [5, 5.41) is 5.73. The van der Waals surface area contributed by atoms with Crippen molar-refractivity contribution in [3.63, 3.8) is 0 Å². The maximum atomic E-state index is 12.3. The molecule has 8 heteroatoms. The third-order valence-corrected chi connectivity index (χ3v) is 3.43. The van der Waals surface area contributed by atoms with Crippen LogP contribution in [0.15, 0.2) is 30.4 Å². The van der Waals surface area contributed by atoms with Gasteiger partial charge in [-0.1, -0.05) is 12.2 Å². The van der Waals surface area contributed by atoms with Gasteiger partial charge in [-0.15, -0.1) is 25.6 Å². The number of nitrogens with one attached hydrogen (secondary N) is 2. The van der Waals surface area contributed by atoms with Crippen LogP contribution in [0.25, 0.3) is 0 Å². The van der Waals surface area contributed by atoms with Crippen molar-refractivity contribution in [2.75, 3.05) is 18.4 Å². The fraction of sp³-hybridized carbons (Fsp3) is 0.308. The fourth-order valence-electron chi connectivity index (χ4n) is 2.57. The molecule has 2 aliphatic rings. The second kappa shape index (κ2) is 5.23. The van der Waals surface area contributed by atoms with E-state index in [-0.39, 0.29) is 24.1 Å². The number of carbonyl (C=O) groups is 1. The average molecular weight is 321 g/mol. The highest BCUT2D eigenvalue weighted by molar-refractivity contribution is 6.08. The summed E-state index contributed by atoms with van der Waals surface area (Å²) in [6.45, 7) is 0.973. The monoisotopic (exact) mass is 320 g/mol. The number of rotatable bonds is 1. The second-order valence-electron chi connectivity index (χ2n) is 4.71. The largest absolute Gasteiger partial charge is 0.573 e. The Kier molecular flexibility index (Phi) is 3.90. The zero-order chi connectivity index (χ0) is 14.4. The van der Waals surface area contributed by atoms with Crippen LogP contribution in [0.2, 0.25) is 0 Å². The topological polar surface area (TPSA) is 50.4 Å². The highest BCUT2D eigenvalue weighted by Crippen LogP contribution is 2.42. The molecule has 114 valence electrons. The van der Waals surface area contributed by atoms with Crippen molar-refractivity contribution in [3.05, 3.63) is 35.9 Å². The van der Waals surface area contributed by atoms with Crippen molar-refractivity contribution in [1.29, 1.82) is 0 Å². The molecule has 0 bridgehead atoms. The van der Waals surface area contributed by atoms with E-state index in [4.69, 9.17) is 0 Å². The van der Waals surface area contributed by atoms with Crippen molar-refractivity contribution in [1.82, 2.24) is 5.32 Å². The van der Waals surface area contributed by atoms with Crippen LogP contribution in [0.1, 0.15) is 5.56 Å². The summed E-state index contributed by atoms with van der Waals surface area (Å²) in [4.78, 5) is 12.1. The molecular weight excluding hydrogens is 309 g/mol. The van der Waals surface area contributed by atoms with Crippen molar-refractivity contribution in [2.45, 2.75) is 11.8 Å². The van der Waals surface area contributed by atoms with Crippen molar-refractivity contribution in [2.24, 2.45) is 0 Å². The molecule has 4 nitrogen and oxygen atoms in total. The standard InChI is InChI=1S/C13H11F3N2O2.ClH/c14-13(15,16)20-8-2-3-10-9(6-8)12(11(19)18-10)4-1-5-17-7-12;/h1-4,6,17H,5,7H2,(H,18,19);1H/t12-;/m0./s1. The quantitative estimate of drug-likeness (QED) is 0.781. The lowest BCUT2D eigenvalue weighted by Gasteiger charge is -2.27. The second-order valence-corrected chi connectivity index (χ2v) is 4.71. The van der Waals surface area contributed by atoms with Crippen LogP contribution in [-0.2, 0) is 10.2 Å². The summed E-state index contributed by atoms with van der Waals surface area (Å²) in [6, 6.07) is 3.87. The van der Waals surface area contributed by atoms with Crippen LogP contribution in [0.3, 0.4) is 0 Å². The Bertz CT molecular complexity index is 604. The Labute approximate surface area is 124 Å². The lowest BCUT2D eigenvalue weighted by atomic mass is 9.79. The van der Waals surface area contributed by atoms with Crippen LogP contribution in [0.4, 0.5) is 18.9 Å². The molecule has 1 atom stereocenters. The van der Waals surface area contributed by atoms with Crippen molar-refractivity contribution < 1.29 is 22.7 Å². The smallest absolute Gasteiger partial charge is 0.406 e. The van der Waals surface area contributed by atoms with Gasteiger partial charge in [0.1, 0.15) is 11.2 Å². The van der Waals surface area contributed by atoms with Crippen LogP contribution in [0.5, 0.6) is 5.75 Å². The lowest BCUT2D eigenvalue weighted by molar-refractivity contribution is -0.274. The number of fused-ring (bicyclic) bond motifs is 2. The number of carbonyl (C=O) groups excluding carboxylic acids is 1. The predicted molar refractivity (Wildman–Crippen MR) is 72.7 cm³/mol. The van der Waals surface area contributed by atoms with E-state index in [0.717, 1.165) is 0 Å². The van der Waals surface area contributed by atoms with Gasteiger partial charge in [0.25, 0.3) is 0 Å². The van der Waals surface area contributed by atoms with E-state index < -0.39 is 11.8 Å². The molecule has 2 aliphatic heterocycles. The number of ether oxygens (including phenoxy) is 1. The normalized spacial score (nSPS) is 23.5. The zero-order valence-electron chi connectivity index (χ0n) is 10.7. The molecule has 0 aromatic heterocycles. The number of anilines is 1. The Hall–Kier alpha value is -1.73. The van der Waals surface area contributed by atoms with Gasteiger partial charge >= 0.3 is 6.36 Å². The van der Waals surface area contributed by atoms with Gasteiger partial charge in [0.2, 0.25) is 5.91 Å². The van der Waals surface area contributed by atoms with Crippen LogP contribution in [0, 0.1) is 0 Å². The first-order valence-corrected chi connectivity index (χ1v) is 6.01. The fourth-order valence-corrected chi connectivity index (χ4v) is 2.57. The molecule has 0 unspecified atom stereocenters. The molecule has 1 amide bonds. The number of benzene rings is 1. The molecule has 0 radical (unpaired) electrons. The minimum atomic E-state index is -4.75. The van der Waals surface area contributed by atoms with E-state index in [1.807, 2.05) is 0 Å². The third kappa shape index (κ3) is 2.71. The number of halogens is 4. The Balaban J connectivity index is 0.00000161. The first kappa shape index (κ1) is 15.7. The Morgan fingerprint density at radius 2 is 2.05 bits per heavy atom. The van der Waals surface area contributed by atoms with Gasteiger partial charge in [-0.05, 0) is 23.8 Å². The first-order chi connectivity index (χ1) is 9.41. The molecule has 0 saturated heterocycles. The van der Waals surface area contributed by atoms with Gasteiger partial charge in [-0.2, -0.15) is 0 Å². The minimum Gasteiger partial charge on any atom is -0.406 e. The molecule has 21 heavy (non-hydrogen) atoms. The van der Waals surface area contributed by atoms with Gasteiger partial charge < -0.3 is 15.4 Å². The van der Waals surface area contributed by atoms with E-state index in [0.29, 0.717) is 24.3 Å². The summed E-state index contributed by atoms with van der Waals surface area (Å²) < 4.78 is 40.7. The van der Waals surface area contributed by atoms with Gasteiger partial charge in [-0.3, -0.25) is 4.79 Å². The predicted octanol–water partition coefficient (Wildman–Crippen LogP) is 2.36. The lowest BCUT2D eigenvalue weighted by Crippen LogP contribution is -2.45. The van der Waals surface area contributed by atoms with E-state index in [2.05, 4.69) is 15.4 Å². The summed E-state index contributed by atoms with van der Waals surface area (Å²) in [7, 11) is 0. The van der Waals surface area contributed by atoms with Gasteiger partial charge in [0.05, 0.1) is 0 Å². The van der Waals surface area contributed by atoms with E-state index in [9.17, 15) is 18.0 Å². The summed E-state index contributed by atoms with van der Waals surface area (Å²) >= 11 is 0. The van der Waals surface area contributed by atoms with Crippen LogP contribution in [-0.4, -0.2) is 25.4 Å². The summed E-state index contributed by atoms with van der Waals surface area (Å²) in [5.74, 6) is -0.578. The SMILES string of the molecule is Cl.O=C1Nc2ccc(OC(F)(F)F)cc2[C@@]12C=CCNC2. The third-order valence-electron chi connectivity index (χ3n) is 3.43. The van der Waals surface area contributed by atoms with Gasteiger partial charge in [0, 0.05) is 18.8 Å². The maximum Gasteiger partial charge on any atom is 0.573 e. The summed E-state index contributed by atoms with van der Waals surface area (Å²) in [5.41, 5.74) is 0.0454. The minimum absolute atomic E-state index is 0. The Morgan fingerprint density at radius 3 is 2.67 bits per heavy atom. The molecule has 2 N–H and O–H groups in total. The maximum absolute atomic E-state index is 12.3. The van der Waals surface area contributed by atoms with Crippen molar-refractivity contribution >= 4 is 24.0 Å². The molecule has 0 fully saturated rings. The number of amides is 1. The molecule has 1 aromatic rings. The average Bonchev–Trinajstić information content (AvgIpc) is 2.63. The van der Waals surface area contributed by atoms with E-state index >= 15 is 0 Å². The zero-order valence-corrected chi connectivity index (χ0v) is 11.5. The van der Waals surface area contributed by atoms with Crippen LogP contribution < -0.4 is 15.4 Å². The molecular formula is C13H12ClF3N2O2. The summed E-state index contributed by atoms with van der Waals surface area (Å²) in [6.07, 6.45) is -1.24. The number of alkyl halides is 3. The molecule has 2 heterocycles. The van der Waals surface area contributed by atoms with Crippen molar-refractivity contribution in [3.8, 4) is 5.75 Å². The molecule has 0 saturated carbocycles. The first-order valence-electron chi connectivity index (χ1n) is 6.01. The van der Waals surface area contributed by atoms with Gasteiger partial charge in [-0.25, -0.2) is 0 Å². The highest BCUT2D eigenvalue weighted by atomic mass is 35.5. The number of hydrogen-bond acceptors (Lipinski definition) is 3.